The van der Waals surface area contributed by atoms with Crippen molar-refractivity contribution < 1.29 is 57.3 Å². The Balaban J connectivity index is 0.621. The Labute approximate surface area is 592 Å². The molecule has 9 N–H and O–H groups in total. The minimum Gasteiger partial charge on any atom is -0.492 e. The molecular formula is C75H81ClN12O12S. The van der Waals surface area contributed by atoms with Crippen molar-refractivity contribution in [3.05, 3.63) is 172 Å². The van der Waals surface area contributed by atoms with E-state index in [0.717, 1.165) is 79.8 Å². The minimum atomic E-state index is -1.10. The van der Waals surface area contributed by atoms with Crippen LogP contribution in [0, 0.1) is 12.8 Å². The highest BCUT2D eigenvalue weighted by Gasteiger charge is 2.38. The third kappa shape index (κ3) is 16.2. The summed E-state index contributed by atoms with van der Waals surface area (Å²) in [7, 11) is 3.09. The second-order valence-corrected chi connectivity index (χ2v) is 27.3. The van der Waals surface area contributed by atoms with E-state index >= 15 is 0 Å². The number of urea groups is 1. The van der Waals surface area contributed by atoms with E-state index in [0.29, 0.717) is 51.5 Å². The van der Waals surface area contributed by atoms with Gasteiger partial charge in [-0.25, -0.2) is 19.2 Å². The lowest BCUT2D eigenvalue weighted by atomic mass is 9.97. The number of halogens is 1. The lowest BCUT2D eigenvalue weighted by molar-refractivity contribution is -0.128. The van der Waals surface area contributed by atoms with E-state index in [1.165, 1.54) is 41.0 Å². The number of carbonyl (C=O) groups is 8. The number of aromatic amines is 2. The van der Waals surface area contributed by atoms with Gasteiger partial charge in [-0.15, -0.1) is 22.9 Å². The van der Waals surface area contributed by atoms with Gasteiger partial charge in [0.25, 0.3) is 11.8 Å². The van der Waals surface area contributed by atoms with E-state index < -0.39 is 54.1 Å². The molecule has 6 aromatic carbocycles. The third-order valence-electron chi connectivity index (χ3n) is 18.7. The number of aryl methyl sites for hydroxylation is 1. The summed E-state index contributed by atoms with van der Waals surface area (Å²) in [6.07, 6.45) is 0.672. The number of primary amides is 1. The molecule has 12 rings (SSSR count). The van der Waals surface area contributed by atoms with Crippen molar-refractivity contribution in [2.75, 3.05) is 94.5 Å². The molecule has 9 amide bonds. The van der Waals surface area contributed by atoms with E-state index in [4.69, 9.17) is 36.3 Å². The summed E-state index contributed by atoms with van der Waals surface area (Å²) in [6.45, 7) is 9.63. The van der Waals surface area contributed by atoms with Gasteiger partial charge in [0, 0.05) is 109 Å². The molecule has 3 atom stereocenters. The van der Waals surface area contributed by atoms with Gasteiger partial charge in [-0.1, -0.05) is 74.5 Å². The zero-order valence-electron chi connectivity index (χ0n) is 56.7. The van der Waals surface area contributed by atoms with E-state index in [1.807, 2.05) is 85.1 Å². The molecule has 24 nitrogen and oxygen atoms in total. The summed E-state index contributed by atoms with van der Waals surface area (Å²) in [4.78, 5) is 121. The molecule has 2 aliphatic heterocycles. The summed E-state index contributed by atoms with van der Waals surface area (Å²) in [6, 6.07) is 35.9. The summed E-state index contributed by atoms with van der Waals surface area (Å²) in [5.74, 6) is -1.42. The molecule has 0 saturated carbocycles. The van der Waals surface area contributed by atoms with Gasteiger partial charge in [0.15, 0.2) is 5.75 Å². The van der Waals surface area contributed by atoms with Crippen LogP contribution in [0.5, 0.6) is 11.5 Å². The number of alkyl halides is 1. The van der Waals surface area contributed by atoms with Gasteiger partial charge in [0.05, 0.1) is 10.4 Å². The van der Waals surface area contributed by atoms with Crippen molar-refractivity contribution >= 4 is 120 Å². The van der Waals surface area contributed by atoms with Gasteiger partial charge in [0.2, 0.25) is 11.8 Å². The summed E-state index contributed by atoms with van der Waals surface area (Å²) in [5, 5.41) is 18.2. The number of likely N-dealkylation sites (N-methyl/N-ethyl adjacent to an activating group) is 2. The monoisotopic (exact) mass is 1410 g/mol. The van der Waals surface area contributed by atoms with Gasteiger partial charge >= 0.3 is 24.3 Å². The molecule has 26 heteroatoms. The maximum atomic E-state index is 14.7. The van der Waals surface area contributed by atoms with Crippen molar-refractivity contribution in [2.45, 2.75) is 77.0 Å². The number of anilines is 3. The van der Waals surface area contributed by atoms with Gasteiger partial charge in [0.1, 0.15) is 49.0 Å². The van der Waals surface area contributed by atoms with E-state index in [-0.39, 0.29) is 87.5 Å². The van der Waals surface area contributed by atoms with Crippen LogP contribution in [0.3, 0.4) is 0 Å². The number of ether oxygens (including phenoxy) is 4. The molecule has 101 heavy (non-hydrogen) atoms. The quantitative estimate of drug-likeness (QED) is 0.0185. The first-order valence-corrected chi connectivity index (χ1v) is 35.2. The lowest BCUT2D eigenvalue weighted by Crippen LogP contribution is -2.54. The zero-order valence-corrected chi connectivity index (χ0v) is 58.3. The van der Waals surface area contributed by atoms with Crippen LogP contribution in [0.15, 0.2) is 133 Å². The Morgan fingerprint density at radius 3 is 2.11 bits per heavy atom. The molecule has 0 radical (unpaired) electrons. The zero-order chi connectivity index (χ0) is 71.0. The third-order valence-corrected chi connectivity index (χ3v) is 20.2. The second-order valence-electron chi connectivity index (χ2n) is 26.1. The van der Waals surface area contributed by atoms with E-state index in [9.17, 15) is 38.4 Å². The molecule has 5 heterocycles. The van der Waals surface area contributed by atoms with Crippen LogP contribution in [0.2, 0.25) is 0 Å². The largest absolute Gasteiger partial charge is 0.492 e. The van der Waals surface area contributed by atoms with Crippen LogP contribution in [0.4, 0.5) is 36.2 Å². The number of aromatic nitrogens is 2. The number of benzene rings is 6. The summed E-state index contributed by atoms with van der Waals surface area (Å²) < 4.78 is 24.2. The normalized spacial score (nSPS) is 14.6. The Morgan fingerprint density at radius 2 is 1.41 bits per heavy atom. The van der Waals surface area contributed by atoms with Crippen molar-refractivity contribution in [3.63, 3.8) is 0 Å². The fraction of sp³-hybridized carbons (Fsp3) is 0.333. The van der Waals surface area contributed by atoms with Crippen molar-refractivity contribution in [1.29, 1.82) is 0 Å². The van der Waals surface area contributed by atoms with Crippen molar-refractivity contribution in [3.8, 4) is 22.6 Å². The van der Waals surface area contributed by atoms with E-state index in [2.05, 4.69) is 41.5 Å². The molecule has 526 valence electrons. The van der Waals surface area contributed by atoms with Crippen molar-refractivity contribution in [2.24, 2.45) is 11.7 Å². The van der Waals surface area contributed by atoms with Crippen LogP contribution in [0.25, 0.3) is 43.0 Å². The topological polar surface area (TPSA) is 304 Å². The first-order chi connectivity index (χ1) is 48.8. The number of hydrogen-bond donors (Lipinski definition) is 8. The molecule has 3 aliphatic rings. The van der Waals surface area contributed by atoms with Crippen LogP contribution in [-0.4, -0.2) is 164 Å². The molecule has 3 aromatic heterocycles. The number of amides is 9. The average Bonchev–Trinajstić information content (AvgIpc) is 1.59. The predicted octanol–water partition coefficient (Wildman–Crippen LogP) is 12.0. The van der Waals surface area contributed by atoms with Gasteiger partial charge in [-0.3, -0.25) is 24.1 Å². The number of fused-ring (bicyclic) bond motifs is 8. The summed E-state index contributed by atoms with van der Waals surface area (Å²) >= 11 is 8.08. The molecule has 0 bridgehead atoms. The number of likely N-dealkylation sites (tertiary alicyclic amines) is 1. The smallest absolute Gasteiger partial charge is 0.415 e. The number of rotatable bonds is 26. The van der Waals surface area contributed by atoms with Gasteiger partial charge in [-0.05, 0) is 157 Å². The van der Waals surface area contributed by atoms with Crippen LogP contribution in [-0.2, 0) is 25.7 Å². The molecule has 1 aliphatic carbocycles. The molecule has 3 unspecified atom stereocenters. The highest BCUT2D eigenvalue weighted by atomic mass is 35.5. The fourth-order valence-corrected chi connectivity index (χ4v) is 14.5. The van der Waals surface area contributed by atoms with Gasteiger partial charge < -0.3 is 75.9 Å². The fourth-order valence-electron chi connectivity index (χ4n) is 13.3. The molecule has 0 spiro atoms. The Bertz CT molecular complexity index is 4560. The Hall–Kier alpha value is -10.6. The standard InChI is InChI=1S/C75H81ClN12O12S/c1-43(2)66(84-73(94)98-41-56-54-15-8-6-13-52(54)53-14-7-9-16-55(53)56)70(91)83-59(17-12-26-78-72(77)93)68(89)79-49-20-18-45(19-21-49)40-99-74(95)85(4)29-30-86(5)75(96)100-63-37-62-65(64-44(3)42-101-67(63)64)48(38-76)39-88(62)71(92)61-36-46-33-50(22-24-57(46)82-61)80-69(90)60-35-47-34-51(23-25-58(47)81-60)97-32-31-87-27-10-11-28-87/h6-9,13-16,18-25,33-37,42-43,48,56,59,66,81-82H,10-12,17,26-32,38-41H2,1-5H3,(H,79,89)(H,80,90)(H,83,91)(H,84,94)(H3,77,78,93). The minimum absolute atomic E-state index is 0.0418. The molecule has 1 fully saturated rings. The van der Waals surface area contributed by atoms with Crippen LogP contribution >= 0.6 is 22.9 Å². The Kier molecular flexibility index (Phi) is 21.8. The number of nitrogens with two attached hydrogens (primary N) is 1. The number of thiophene rings is 1. The van der Waals surface area contributed by atoms with Crippen molar-refractivity contribution in [1.82, 2.24) is 40.6 Å². The van der Waals surface area contributed by atoms with Crippen LogP contribution < -0.4 is 46.7 Å². The molecule has 9 aromatic rings. The van der Waals surface area contributed by atoms with Gasteiger partial charge in [-0.2, -0.15) is 0 Å². The maximum absolute atomic E-state index is 14.7. The maximum Gasteiger partial charge on any atom is 0.415 e. The lowest BCUT2D eigenvalue weighted by Gasteiger charge is -2.25. The highest BCUT2D eigenvalue weighted by Crippen LogP contribution is 2.50. The molecule has 1 saturated heterocycles. The number of nitrogens with one attached hydrogen (secondary N) is 7. The molecular weight excluding hydrogens is 1330 g/mol. The number of carbonyl (C=O) groups excluding carboxylic acids is 8. The number of alkyl carbamates (subject to hydrolysis) is 1. The van der Waals surface area contributed by atoms with Crippen LogP contribution in [0.1, 0.15) is 100 Å². The number of hydrogen-bond acceptors (Lipinski definition) is 14. The number of nitrogens with zero attached hydrogens (tertiary/aromatic N) is 4. The Morgan fingerprint density at radius 1 is 0.743 bits per heavy atom. The first-order valence-electron chi connectivity index (χ1n) is 33.8. The highest BCUT2D eigenvalue weighted by molar-refractivity contribution is 7.17. The SMILES string of the molecule is Cc1csc2c(OC(=O)N(C)CCN(C)C(=O)OCc3ccc(NC(=O)C(CCCNC(N)=O)NC(=O)C(NC(=O)OCC4c5ccccc5-c5ccccc54)C(C)C)cc3)cc3c(c12)C(CCl)CN3C(=O)c1cc2cc(NC(=O)c3cc4cc(OCCN5CCCC5)ccc4[nH]3)ccc2[nH]1. The predicted molar refractivity (Wildman–Crippen MR) is 390 cm³/mol. The average molecular weight is 1410 g/mol. The van der Waals surface area contributed by atoms with E-state index in [1.54, 1.807) is 80.4 Å². The summed E-state index contributed by atoms with van der Waals surface area (Å²) in [5.41, 5.74) is 15.6. The second kappa shape index (κ2) is 31.3. The first kappa shape index (κ1) is 70.2. The number of H-pyrrole nitrogens is 2.